The van der Waals surface area contributed by atoms with E-state index in [4.69, 9.17) is 15.4 Å². The summed E-state index contributed by atoms with van der Waals surface area (Å²) in [6.07, 6.45) is 5.09. The minimum absolute atomic E-state index is 0.0513. The van der Waals surface area contributed by atoms with E-state index in [0.717, 1.165) is 19.4 Å². The second-order valence-electron chi connectivity index (χ2n) is 4.20. The fourth-order valence-corrected chi connectivity index (χ4v) is 3.07. The van der Waals surface area contributed by atoms with Gasteiger partial charge in [0, 0.05) is 23.1 Å². The molecule has 1 rings (SSSR count). The van der Waals surface area contributed by atoms with Crippen molar-refractivity contribution in [3.8, 4) is 5.75 Å². The van der Waals surface area contributed by atoms with Gasteiger partial charge in [0.25, 0.3) is 0 Å². The molecule has 0 saturated heterocycles. The van der Waals surface area contributed by atoms with Crippen LogP contribution in [0.5, 0.6) is 5.75 Å². The Bertz CT molecular complexity index is 459. The Kier molecular flexibility index (Phi) is 5.95. The fourth-order valence-electron chi connectivity index (χ4n) is 1.71. The average Bonchev–Trinajstić information content (AvgIpc) is 2.72. The molecule has 0 aliphatic rings. The topological polar surface area (TPSA) is 61.2 Å². The van der Waals surface area contributed by atoms with Crippen LogP contribution in [0.1, 0.15) is 26.7 Å². The van der Waals surface area contributed by atoms with Crippen LogP contribution >= 0.6 is 10.7 Å². The zero-order valence-electron chi connectivity index (χ0n) is 10.7. The van der Waals surface area contributed by atoms with Crippen LogP contribution in [0, 0.1) is 5.92 Å². The smallest absolute Gasteiger partial charge is 0.232 e. The molecule has 1 unspecified atom stereocenters. The average molecular weight is 295 g/mol. The summed E-state index contributed by atoms with van der Waals surface area (Å²) in [4.78, 5) is 0. The second kappa shape index (κ2) is 6.99. The van der Waals surface area contributed by atoms with Crippen molar-refractivity contribution in [2.75, 3.05) is 12.4 Å². The van der Waals surface area contributed by atoms with Crippen molar-refractivity contribution in [1.82, 2.24) is 9.78 Å². The van der Waals surface area contributed by atoms with E-state index in [0.29, 0.717) is 12.4 Å². The van der Waals surface area contributed by atoms with E-state index in [1.165, 1.54) is 0 Å². The SMILES string of the molecule is CCCC(COc1cnn(CC)c1)CS(=O)(=O)Cl. The molecule has 18 heavy (non-hydrogen) atoms. The molecule has 0 fully saturated rings. The van der Waals surface area contributed by atoms with Gasteiger partial charge in [-0.2, -0.15) is 5.10 Å². The molecular weight excluding hydrogens is 276 g/mol. The van der Waals surface area contributed by atoms with Crippen LogP contribution in [-0.4, -0.2) is 30.6 Å². The second-order valence-corrected chi connectivity index (χ2v) is 7.02. The number of hydrogen-bond acceptors (Lipinski definition) is 4. The summed E-state index contributed by atoms with van der Waals surface area (Å²) in [5.74, 6) is 0.525. The van der Waals surface area contributed by atoms with E-state index < -0.39 is 9.05 Å². The fraction of sp³-hybridized carbons (Fsp3) is 0.727. The van der Waals surface area contributed by atoms with Gasteiger partial charge < -0.3 is 4.74 Å². The first kappa shape index (κ1) is 15.3. The minimum atomic E-state index is -3.48. The zero-order valence-corrected chi connectivity index (χ0v) is 12.2. The molecule has 0 bridgehead atoms. The summed E-state index contributed by atoms with van der Waals surface area (Å²) >= 11 is 0. The van der Waals surface area contributed by atoms with Gasteiger partial charge in [-0.1, -0.05) is 13.3 Å². The standard InChI is InChI=1S/C11H19ClN2O3S/c1-3-5-10(9-18(12,15)16)8-17-11-6-13-14(4-2)7-11/h6-7,10H,3-5,8-9H2,1-2H3. The largest absolute Gasteiger partial charge is 0.490 e. The number of ether oxygens (including phenoxy) is 1. The van der Waals surface area contributed by atoms with Crippen LogP contribution in [0.2, 0.25) is 0 Å². The molecule has 7 heteroatoms. The summed E-state index contributed by atoms with van der Waals surface area (Å²) in [5.41, 5.74) is 0. The molecule has 0 aliphatic heterocycles. The molecule has 0 amide bonds. The first-order chi connectivity index (χ1) is 8.44. The molecule has 1 aromatic heterocycles. The Morgan fingerprint density at radius 2 is 2.22 bits per heavy atom. The van der Waals surface area contributed by atoms with Gasteiger partial charge in [-0.25, -0.2) is 8.42 Å². The molecule has 104 valence electrons. The molecule has 5 nitrogen and oxygen atoms in total. The summed E-state index contributed by atoms with van der Waals surface area (Å²) in [6, 6.07) is 0. The lowest BCUT2D eigenvalue weighted by Crippen LogP contribution is -2.19. The Balaban J connectivity index is 2.51. The molecule has 0 aromatic carbocycles. The van der Waals surface area contributed by atoms with E-state index in [-0.39, 0.29) is 11.7 Å². The molecule has 1 heterocycles. The highest BCUT2D eigenvalue weighted by atomic mass is 35.7. The quantitative estimate of drug-likeness (QED) is 0.690. The maximum absolute atomic E-state index is 11.1. The predicted molar refractivity (Wildman–Crippen MR) is 71.4 cm³/mol. The summed E-state index contributed by atoms with van der Waals surface area (Å²) in [6.45, 7) is 5.10. The maximum atomic E-state index is 11.1. The van der Waals surface area contributed by atoms with Crippen LogP contribution < -0.4 is 4.74 Å². The first-order valence-electron chi connectivity index (χ1n) is 6.02. The molecule has 1 atom stereocenters. The van der Waals surface area contributed by atoms with Gasteiger partial charge in [0.05, 0.1) is 24.8 Å². The van der Waals surface area contributed by atoms with Gasteiger partial charge >= 0.3 is 0 Å². The van der Waals surface area contributed by atoms with E-state index >= 15 is 0 Å². The van der Waals surface area contributed by atoms with Crippen molar-refractivity contribution < 1.29 is 13.2 Å². The maximum Gasteiger partial charge on any atom is 0.232 e. The van der Waals surface area contributed by atoms with E-state index in [2.05, 4.69) is 5.10 Å². The van der Waals surface area contributed by atoms with Gasteiger partial charge in [-0.3, -0.25) is 4.68 Å². The summed E-state index contributed by atoms with van der Waals surface area (Å²) in [5, 5.41) is 4.08. The van der Waals surface area contributed by atoms with Crippen molar-refractivity contribution in [3.63, 3.8) is 0 Å². The molecule has 1 aromatic rings. The van der Waals surface area contributed by atoms with Crippen molar-refractivity contribution in [1.29, 1.82) is 0 Å². The normalized spacial score (nSPS) is 13.5. The van der Waals surface area contributed by atoms with E-state index in [9.17, 15) is 8.42 Å². The Labute approximate surface area is 113 Å². The van der Waals surface area contributed by atoms with Crippen molar-refractivity contribution >= 4 is 19.7 Å². The molecular formula is C11H19ClN2O3S. The molecule has 0 radical (unpaired) electrons. The van der Waals surface area contributed by atoms with E-state index in [1.54, 1.807) is 17.1 Å². The van der Waals surface area contributed by atoms with Gasteiger partial charge in [0.2, 0.25) is 9.05 Å². The summed E-state index contributed by atoms with van der Waals surface area (Å²) in [7, 11) is 1.79. The number of nitrogens with zero attached hydrogens (tertiary/aromatic N) is 2. The third-order valence-electron chi connectivity index (χ3n) is 2.55. The number of hydrogen-bond donors (Lipinski definition) is 0. The highest BCUT2D eigenvalue weighted by molar-refractivity contribution is 8.13. The summed E-state index contributed by atoms with van der Waals surface area (Å²) < 4.78 is 29.4. The third-order valence-corrected chi connectivity index (χ3v) is 3.80. The number of rotatable bonds is 8. The van der Waals surface area contributed by atoms with E-state index in [1.807, 2.05) is 13.8 Å². The van der Waals surface area contributed by atoms with Gasteiger partial charge in [-0.15, -0.1) is 0 Å². The lowest BCUT2D eigenvalue weighted by molar-refractivity contribution is 0.252. The van der Waals surface area contributed by atoms with Gasteiger partial charge in [-0.05, 0) is 13.3 Å². The van der Waals surface area contributed by atoms with Crippen molar-refractivity contribution in [3.05, 3.63) is 12.4 Å². The predicted octanol–water partition coefficient (Wildman–Crippen LogP) is 2.27. The van der Waals surface area contributed by atoms with Crippen LogP contribution in [0.3, 0.4) is 0 Å². The monoisotopic (exact) mass is 294 g/mol. The van der Waals surface area contributed by atoms with Crippen molar-refractivity contribution in [2.45, 2.75) is 33.2 Å². The van der Waals surface area contributed by atoms with Crippen LogP contribution in [-0.2, 0) is 15.6 Å². The number of aromatic nitrogens is 2. The van der Waals surface area contributed by atoms with Gasteiger partial charge in [0.1, 0.15) is 0 Å². The van der Waals surface area contributed by atoms with Crippen LogP contribution in [0.25, 0.3) is 0 Å². The Hall–Kier alpha value is -0.750. The minimum Gasteiger partial charge on any atom is -0.490 e. The first-order valence-corrected chi connectivity index (χ1v) is 8.50. The van der Waals surface area contributed by atoms with Gasteiger partial charge in [0.15, 0.2) is 5.75 Å². The molecule has 0 saturated carbocycles. The highest BCUT2D eigenvalue weighted by Gasteiger charge is 2.17. The zero-order chi connectivity index (χ0) is 13.6. The van der Waals surface area contributed by atoms with Crippen LogP contribution in [0.15, 0.2) is 12.4 Å². The molecule has 0 N–H and O–H groups in total. The lowest BCUT2D eigenvalue weighted by Gasteiger charge is -2.14. The number of aryl methyl sites for hydroxylation is 1. The molecule has 0 spiro atoms. The lowest BCUT2D eigenvalue weighted by atomic mass is 10.1. The van der Waals surface area contributed by atoms with Crippen LogP contribution in [0.4, 0.5) is 0 Å². The Morgan fingerprint density at radius 3 is 2.72 bits per heavy atom. The Morgan fingerprint density at radius 1 is 1.50 bits per heavy atom. The molecule has 0 aliphatic carbocycles. The third kappa shape index (κ3) is 5.73. The number of halogens is 1. The highest BCUT2D eigenvalue weighted by Crippen LogP contribution is 2.16. The van der Waals surface area contributed by atoms with Crippen molar-refractivity contribution in [2.24, 2.45) is 5.92 Å².